The van der Waals surface area contributed by atoms with E-state index in [4.69, 9.17) is 14.2 Å². The first-order valence-electron chi connectivity index (χ1n) is 13.1. The predicted octanol–water partition coefficient (Wildman–Crippen LogP) is 4.11. The zero-order valence-electron chi connectivity index (χ0n) is 21.7. The number of benzene rings is 2. The molecule has 0 aliphatic carbocycles. The number of esters is 1. The summed E-state index contributed by atoms with van der Waals surface area (Å²) < 4.78 is 15.8. The van der Waals surface area contributed by atoms with Crippen molar-refractivity contribution in [1.82, 2.24) is 15.1 Å². The molecule has 1 N–H and O–H groups in total. The lowest BCUT2D eigenvalue weighted by Crippen LogP contribution is -2.38. The Hall–Kier alpha value is -4.34. The molecule has 2 atom stereocenters. The highest BCUT2D eigenvalue weighted by Crippen LogP contribution is 2.20. The molecule has 10 nitrogen and oxygen atoms in total. The van der Waals surface area contributed by atoms with Gasteiger partial charge in [0, 0.05) is 0 Å². The highest BCUT2D eigenvalue weighted by atomic mass is 16.6. The van der Waals surface area contributed by atoms with Crippen molar-refractivity contribution in [2.75, 3.05) is 13.4 Å². The Kier molecular flexibility index (Phi) is 9.93. The Bertz CT molecular complexity index is 1160. The van der Waals surface area contributed by atoms with Crippen molar-refractivity contribution in [3.8, 4) is 0 Å². The molecule has 4 rings (SSSR count). The molecule has 0 radical (unpaired) electrons. The molecule has 0 unspecified atom stereocenters. The first-order chi connectivity index (χ1) is 19.0. The molecule has 2 heterocycles. The van der Waals surface area contributed by atoms with Gasteiger partial charge < -0.3 is 19.5 Å². The fourth-order valence-corrected chi connectivity index (χ4v) is 4.43. The summed E-state index contributed by atoms with van der Waals surface area (Å²) in [6.07, 6.45) is 5.71. The first-order valence-corrected chi connectivity index (χ1v) is 13.1. The largest absolute Gasteiger partial charge is 0.444 e. The third kappa shape index (κ3) is 7.83. The summed E-state index contributed by atoms with van der Waals surface area (Å²) in [6, 6.07) is 17.4. The van der Waals surface area contributed by atoms with Gasteiger partial charge in [0.2, 0.25) is 5.91 Å². The van der Waals surface area contributed by atoms with E-state index in [1.165, 1.54) is 9.80 Å². The molecular weight excluding hydrogens is 502 g/mol. The molecular formula is C29H33N3O7. The van der Waals surface area contributed by atoms with Gasteiger partial charge in [0.25, 0.3) is 0 Å². The number of rotatable bonds is 11. The summed E-state index contributed by atoms with van der Waals surface area (Å²) in [5.41, 5.74) is 1.74. The average molecular weight is 536 g/mol. The number of nitrogens with zero attached hydrogens (tertiary/aromatic N) is 2. The molecule has 2 aromatic carbocycles. The third-order valence-electron chi connectivity index (χ3n) is 6.60. The number of hydrogen-bond acceptors (Lipinski definition) is 7. The molecule has 2 aliphatic rings. The Labute approximate surface area is 227 Å². The van der Waals surface area contributed by atoms with Gasteiger partial charge in [-0.25, -0.2) is 14.4 Å². The summed E-state index contributed by atoms with van der Waals surface area (Å²) >= 11 is 0. The number of hydrogen-bond donors (Lipinski definition) is 1. The maximum absolute atomic E-state index is 12.5. The molecule has 0 aromatic heterocycles. The zero-order chi connectivity index (χ0) is 27.5. The zero-order valence-corrected chi connectivity index (χ0v) is 21.7. The van der Waals surface area contributed by atoms with E-state index in [9.17, 15) is 19.2 Å². The monoisotopic (exact) mass is 535 g/mol. The van der Waals surface area contributed by atoms with Crippen LogP contribution in [0.25, 0.3) is 0 Å². The Morgan fingerprint density at radius 3 is 2.05 bits per heavy atom. The number of carbonyl (C=O) groups is 4. The van der Waals surface area contributed by atoms with Crippen molar-refractivity contribution in [2.45, 2.75) is 57.4 Å². The number of amides is 3. The van der Waals surface area contributed by atoms with Crippen LogP contribution in [0.4, 0.5) is 9.59 Å². The Morgan fingerprint density at radius 2 is 1.41 bits per heavy atom. The van der Waals surface area contributed by atoms with E-state index in [-0.39, 0.29) is 32.5 Å². The molecule has 2 aliphatic heterocycles. The van der Waals surface area contributed by atoms with Crippen LogP contribution in [0.1, 0.15) is 43.2 Å². The Morgan fingerprint density at radius 1 is 0.821 bits per heavy atom. The van der Waals surface area contributed by atoms with Crippen molar-refractivity contribution in [3.05, 3.63) is 83.9 Å². The lowest BCUT2D eigenvalue weighted by atomic mass is 10.1. The van der Waals surface area contributed by atoms with Gasteiger partial charge in [-0.15, -0.1) is 0 Å². The SMILES string of the molecule is O=C1NCN(C(=O)OCc2ccccc2)[C@H]1CC/C=C/CCC[C@H]1C(=O)OCN1C(=O)OCc1ccccc1. The van der Waals surface area contributed by atoms with Crippen LogP contribution in [0.5, 0.6) is 0 Å². The first kappa shape index (κ1) is 27.7. The van der Waals surface area contributed by atoms with Crippen LogP contribution in [-0.4, -0.2) is 59.3 Å². The van der Waals surface area contributed by atoms with Crippen LogP contribution in [-0.2, 0) is 37.0 Å². The average Bonchev–Trinajstić information content (AvgIpc) is 3.52. The smallest absolute Gasteiger partial charge is 0.413 e. The van der Waals surface area contributed by atoms with E-state index in [0.29, 0.717) is 32.1 Å². The second kappa shape index (κ2) is 14.0. The number of nitrogens with one attached hydrogen (secondary N) is 1. The van der Waals surface area contributed by atoms with Crippen LogP contribution in [0, 0.1) is 0 Å². The van der Waals surface area contributed by atoms with Gasteiger partial charge in [-0.2, -0.15) is 0 Å². The summed E-state index contributed by atoms with van der Waals surface area (Å²) in [7, 11) is 0. The molecule has 206 valence electrons. The molecule has 2 fully saturated rings. The van der Waals surface area contributed by atoms with Gasteiger partial charge in [-0.05, 0) is 43.2 Å². The van der Waals surface area contributed by atoms with Crippen LogP contribution >= 0.6 is 0 Å². The van der Waals surface area contributed by atoms with Crippen LogP contribution in [0.2, 0.25) is 0 Å². The lowest BCUT2D eigenvalue weighted by Gasteiger charge is -2.20. The maximum Gasteiger partial charge on any atom is 0.413 e. The van der Waals surface area contributed by atoms with Gasteiger partial charge in [0.1, 0.15) is 25.3 Å². The molecule has 2 aromatic rings. The standard InChI is InChI=1S/C29H33N3O7/c33-26-24(31(20-30-26)28(35)37-18-22-12-6-4-7-13-22)16-10-2-1-3-11-17-25-27(34)39-21-32(25)29(36)38-19-23-14-8-5-9-15-23/h1-2,4-9,12-15,24-25H,3,10-11,16-21H2,(H,30,33)/b2-1+/t24-,25-/m0/s1. The van der Waals surface area contributed by atoms with E-state index in [2.05, 4.69) is 5.32 Å². The van der Waals surface area contributed by atoms with Crippen LogP contribution in [0.3, 0.4) is 0 Å². The minimum atomic E-state index is -0.667. The maximum atomic E-state index is 12.5. The van der Waals surface area contributed by atoms with Crippen molar-refractivity contribution >= 4 is 24.1 Å². The molecule has 0 saturated carbocycles. The topological polar surface area (TPSA) is 114 Å². The number of ether oxygens (including phenoxy) is 3. The van der Waals surface area contributed by atoms with Crippen LogP contribution in [0.15, 0.2) is 72.8 Å². The van der Waals surface area contributed by atoms with Crippen molar-refractivity contribution in [2.24, 2.45) is 0 Å². The molecule has 3 amide bonds. The minimum absolute atomic E-state index is 0.110. The highest BCUT2D eigenvalue weighted by Gasteiger charge is 2.38. The Balaban J connectivity index is 1.15. The molecule has 39 heavy (non-hydrogen) atoms. The molecule has 0 bridgehead atoms. The number of unbranched alkanes of at least 4 members (excludes halogenated alkanes) is 1. The highest BCUT2D eigenvalue weighted by molar-refractivity contribution is 5.88. The lowest BCUT2D eigenvalue weighted by molar-refractivity contribution is -0.139. The van der Waals surface area contributed by atoms with Gasteiger partial charge >= 0.3 is 18.2 Å². The second-order valence-electron chi connectivity index (χ2n) is 9.32. The number of allylic oxidation sites excluding steroid dienone is 2. The van der Waals surface area contributed by atoms with Crippen molar-refractivity contribution in [3.63, 3.8) is 0 Å². The van der Waals surface area contributed by atoms with E-state index in [1.807, 2.05) is 72.8 Å². The summed E-state index contributed by atoms with van der Waals surface area (Å²) in [6.45, 7) is 0.290. The van der Waals surface area contributed by atoms with E-state index in [1.54, 1.807) is 0 Å². The second-order valence-corrected chi connectivity index (χ2v) is 9.32. The van der Waals surface area contributed by atoms with E-state index < -0.39 is 30.2 Å². The van der Waals surface area contributed by atoms with Gasteiger partial charge in [0.15, 0.2) is 6.73 Å². The molecule has 0 spiro atoms. The number of cyclic esters (lactones) is 1. The minimum Gasteiger partial charge on any atom is -0.444 e. The van der Waals surface area contributed by atoms with Crippen molar-refractivity contribution < 1.29 is 33.4 Å². The predicted molar refractivity (Wildman–Crippen MR) is 141 cm³/mol. The molecule has 10 heteroatoms. The third-order valence-corrected chi connectivity index (χ3v) is 6.60. The summed E-state index contributed by atoms with van der Waals surface area (Å²) in [5.74, 6) is -0.624. The van der Waals surface area contributed by atoms with Crippen LogP contribution < -0.4 is 5.32 Å². The molecule has 2 saturated heterocycles. The fourth-order valence-electron chi connectivity index (χ4n) is 4.43. The number of carbonyl (C=O) groups excluding carboxylic acids is 4. The van der Waals surface area contributed by atoms with Crippen molar-refractivity contribution in [1.29, 1.82) is 0 Å². The van der Waals surface area contributed by atoms with E-state index >= 15 is 0 Å². The van der Waals surface area contributed by atoms with E-state index in [0.717, 1.165) is 11.1 Å². The normalized spacial score (nSPS) is 18.8. The van der Waals surface area contributed by atoms with Gasteiger partial charge in [0.05, 0.1) is 6.67 Å². The quantitative estimate of drug-likeness (QED) is 0.199. The summed E-state index contributed by atoms with van der Waals surface area (Å²) in [4.78, 5) is 52.1. The van der Waals surface area contributed by atoms with Gasteiger partial charge in [-0.1, -0.05) is 72.8 Å². The fraction of sp³-hybridized carbons (Fsp3) is 0.379. The van der Waals surface area contributed by atoms with Gasteiger partial charge in [-0.3, -0.25) is 14.6 Å². The summed E-state index contributed by atoms with van der Waals surface area (Å²) in [5, 5.41) is 2.70.